The number of nitrogens with one attached hydrogen (secondary N) is 1. The Kier molecular flexibility index (Phi) is 4.97. The van der Waals surface area contributed by atoms with Crippen LogP contribution in [-0.4, -0.2) is 31.3 Å². The lowest BCUT2D eigenvalue weighted by Crippen LogP contribution is -2.47. The number of hydrogen-bond donors (Lipinski definition) is 1. The molecule has 2 rings (SSSR count). The highest BCUT2D eigenvalue weighted by molar-refractivity contribution is 5.19. The largest absolute Gasteiger partial charge is 0.379 e. The Hall–Kier alpha value is -0.900. The van der Waals surface area contributed by atoms with Gasteiger partial charge in [-0.2, -0.15) is 0 Å². The third-order valence-corrected chi connectivity index (χ3v) is 3.37. The first kappa shape index (κ1) is 14.5. The van der Waals surface area contributed by atoms with E-state index in [9.17, 15) is 0 Å². The highest BCUT2D eigenvalue weighted by Gasteiger charge is 2.22. The third-order valence-electron chi connectivity index (χ3n) is 3.37. The van der Waals surface area contributed by atoms with Crippen LogP contribution in [0.3, 0.4) is 0 Å². The lowest BCUT2D eigenvalue weighted by molar-refractivity contribution is -0.000197. The fourth-order valence-corrected chi connectivity index (χ4v) is 2.45. The second kappa shape index (κ2) is 6.51. The van der Waals surface area contributed by atoms with E-state index in [1.165, 1.54) is 5.56 Å². The molecule has 0 radical (unpaired) electrons. The van der Waals surface area contributed by atoms with Gasteiger partial charge in [0.25, 0.3) is 0 Å². The van der Waals surface area contributed by atoms with E-state index in [-0.39, 0.29) is 0 Å². The number of benzene rings is 1. The fraction of sp³-hybridized carbons (Fsp3) is 0.625. The number of hydrazine groups is 1. The molecule has 1 aromatic rings. The molecular weight excluding hydrogens is 236 g/mol. The van der Waals surface area contributed by atoms with Crippen LogP contribution in [0.25, 0.3) is 0 Å². The molecule has 19 heavy (non-hydrogen) atoms. The van der Waals surface area contributed by atoms with Crippen molar-refractivity contribution < 1.29 is 4.74 Å². The molecule has 0 aromatic heterocycles. The summed E-state index contributed by atoms with van der Waals surface area (Å²) >= 11 is 0. The maximum absolute atomic E-state index is 5.41. The number of nitrogens with zero attached hydrogens (tertiary/aromatic N) is 1. The summed E-state index contributed by atoms with van der Waals surface area (Å²) < 4.78 is 5.41. The average Bonchev–Trinajstić information content (AvgIpc) is 2.39. The number of ether oxygens (including phenoxy) is 1. The maximum Gasteiger partial charge on any atom is 0.0608 e. The summed E-state index contributed by atoms with van der Waals surface area (Å²) in [6, 6.07) is 11.1. The van der Waals surface area contributed by atoms with Crippen molar-refractivity contribution in [1.29, 1.82) is 0 Å². The molecule has 1 N–H and O–H groups in total. The molecule has 3 heteroatoms. The van der Waals surface area contributed by atoms with Gasteiger partial charge < -0.3 is 4.74 Å². The van der Waals surface area contributed by atoms with E-state index in [1.54, 1.807) is 0 Å². The Morgan fingerprint density at radius 1 is 1.16 bits per heavy atom. The molecule has 0 spiro atoms. The molecule has 1 aromatic carbocycles. The highest BCUT2D eigenvalue weighted by Crippen LogP contribution is 2.29. The van der Waals surface area contributed by atoms with Crippen molar-refractivity contribution in [2.45, 2.75) is 33.2 Å². The minimum Gasteiger partial charge on any atom is -0.379 e. The van der Waals surface area contributed by atoms with Crippen molar-refractivity contribution >= 4 is 0 Å². The Morgan fingerprint density at radius 2 is 1.79 bits per heavy atom. The van der Waals surface area contributed by atoms with Crippen molar-refractivity contribution in [1.82, 2.24) is 10.4 Å². The Balaban J connectivity index is 2.05. The van der Waals surface area contributed by atoms with Gasteiger partial charge in [-0.1, -0.05) is 51.1 Å². The van der Waals surface area contributed by atoms with Gasteiger partial charge >= 0.3 is 0 Å². The van der Waals surface area contributed by atoms with E-state index in [1.807, 2.05) is 0 Å². The van der Waals surface area contributed by atoms with Gasteiger partial charge in [-0.25, -0.2) is 10.4 Å². The highest BCUT2D eigenvalue weighted by atomic mass is 16.5. The standard InChI is InChI=1S/C16H26N2O/c1-16(2,3)13-15(14-7-5-4-6-8-14)17-18-9-11-19-12-10-18/h4-8,15,17H,9-13H2,1-3H3. The summed E-state index contributed by atoms with van der Waals surface area (Å²) in [5.74, 6) is 0. The maximum atomic E-state index is 5.41. The van der Waals surface area contributed by atoms with E-state index >= 15 is 0 Å². The van der Waals surface area contributed by atoms with Crippen LogP contribution < -0.4 is 5.43 Å². The molecule has 1 heterocycles. The average molecular weight is 262 g/mol. The van der Waals surface area contributed by atoms with E-state index in [4.69, 9.17) is 4.74 Å². The first-order valence-electron chi connectivity index (χ1n) is 7.18. The van der Waals surface area contributed by atoms with Gasteiger partial charge in [0.15, 0.2) is 0 Å². The second-order valence-electron chi connectivity index (χ2n) is 6.46. The van der Waals surface area contributed by atoms with Gasteiger partial charge in [-0.15, -0.1) is 0 Å². The summed E-state index contributed by atoms with van der Waals surface area (Å²) in [5, 5.41) is 2.30. The van der Waals surface area contributed by atoms with Crippen LogP contribution in [0.2, 0.25) is 0 Å². The summed E-state index contributed by atoms with van der Waals surface area (Å²) in [5.41, 5.74) is 5.35. The second-order valence-corrected chi connectivity index (χ2v) is 6.46. The molecule has 1 aliphatic rings. The predicted molar refractivity (Wildman–Crippen MR) is 78.8 cm³/mol. The van der Waals surface area contributed by atoms with Gasteiger partial charge in [0.2, 0.25) is 0 Å². The van der Waals surface area contributed by atoms with E-state index in [0.717, 1.165) is 32.7 Å². The van der Waals surface area contributed by atoms with Gasteiger partial charge in [0.1, 0.15) is 0 Å². The fourth-order valence-electron chi connectivity index (χ4n) is 2.45. The van der Waals surface area contributed by atoms with Crippen LogP contribution in [0.4, 0.5) is 0 Å². The van der Waals surface area contributed by atoms with Crippen LogP contribution in [0.1, 0.15) is 38.8 Å². The summed E-state index contributed by atoms with van der Waals surface area (Å²) in [6.45, 7) is 10.5. The molecule has 1 fully saturated rings. The van der Waals surface area contributed by atoms with Crippen LogP contribution in [-0.2, 0) is 4.74 Å². The molecule has 3 nitrogen and oxygen atoms in total. The van der Waals surface area contributed by atoms with Crippen molar-refractivity contribution in [3.8, 4) is 0 Å². The van der Waals surface area contributed by atoms with Crippen molar-refractivity contribution in [2.75, 3.05) is 26.3 Å². The molecule has 1 aliphatic heterocycles. The summed E-state index contributed by atoms with van der Waals surface area (Å²) in [6.07, 6.45) is 1.12. The minimum atomic E-state index is 0.305. The van der Waals surface area contributed by atoms with Crippen molar-refractivity contribution in [2.24, 2.45) is 5.41 Å². The van der Waals surface area contributed by atoms with E-state index < -0.39 is 0 Å². The topological polar surface area (TPSA) is 24.5 Å². The van der Waals surface area contributed by atoms with Crippen LogP contribution >= 0.6 is 0 Å². The van der Waals surface area contributed by atoms with Crippen LogP contribution in [0.15, 0.2) is 30.3 Å². The SMILES string of the molecule is CC(C)(C)CC(NN1CCOCC1)c1ccccc1. The molecule has 0 aliphatic carbocycles. The monoisotopic (exact) mass is 262 g/mol. The Morgan fingerprint density at radius 3 is 2.37 bits per heavy atom. The zero-order chi connectivity index (χ0) is 13.7. The smallest absolute Gasteiger partial charge is 0.0608 e. The molecule has 1 atom stereocenters. The number of rotatable bonds is 4. The first-order chi connectivity index (χ1) is 9.04. The molecule has 0 amide bonds. The van der Waals surface area contributed by atoms with Gasteiger partial charge in [-0.05, 0) is 17.4 Å². The summed E-state index contributed by atoms with van der Waals surface area (Å²) in [7, 11) is 0. The molecule has 1 unspecified atom stereocenters. The van der Waals surface area contributed by atoms with E-state index in [2.05, 4.69) is 61.5 Å². The van der Waals surface area contributed by atoms with Crippen LogP contribution in [0.5, 0.6) is 0 Å². The van der Waals surface area contributed by atoms with Crippen LogP contribution in [0, 0.1) is 5.41 Å². The van der Waals surface area contributed by atoms with Gasteiger partial charge in [0.05, 0.1) is 13.2 Å². The lowest BCUT2D eigenvalue weighted by Gasteiger charge is -2.34. The number of morpholine rings is 1. The summed E-state index contributed by atoms with van der Waals surface area (Å²) in [4.78, 5) is 0. The molecule has 0 saturated carbocycles. The molecule has 106 valence electrons. The normalized spacial score (nSPS) is 19.3. The lowest BCUT2D eigenvalue weighted by atomic mass is 9.86. The number of hydrogen-bond acceptors (Lipinski definition) is 3. The zero-order valence-electron chi connectivity index (χ0n) is 12.4. The van der Waals surface area contributed by atoms with Crippen molar-refractivity contribution in [3.63, 3.8) is 0 Å². The first-order valence-corrected chi connectivity index (χ1v) is 7.18. The molecular formula is C16H26N2O. The quantitative estimate of drug-likeness (QED) is 0.902. The Labute approximate surface area is 116 Å². The third kappa shape index (κ3) is 4.94. The van der Waals surface area contributed by atoms with Crippen molar-refractivity contribution in [3.05, 3.63) is 35.9 Å². The molecule has 0 bridgehead atoms. The van der Waals surface area contributed by atoms with Gasteiger partial charge in [-0.3, -0.25) is 0 Å². The zero-order valence-corrected chi connectivity index (χ0v) is 12.4. The van der Waals surface area contributed by atoms with E-state index in [0.29, 0.717) is 11.5 Å². The van der Waals surface area contributed by atoms with Gasteiger partial charge in [0, 0.05) is 19.1 Å². The Bertz CT molecular complexity index is 366. The predicted octanol–water partition coefficient (Wildman–Crippen LogP) is 3.00. The molecule has 1 saturated heterocycles. The minimum absolute atomic E-state index is 0.305.